The van der Waals surface area contributed by atoms with Crippen molar-refractivity contribution >= 4 is 5.57 Å². The van der Waals surface area contributed by atoms with E-state index in [1.54, 1.807) is 0 Å². The zero-order valence-electron chi connectivity index (χ0n) is 12.3. The third-order valence-electron chi connectivity index (χ3n) is 4.50. The molecule has 0 aromatic heterocycles. The Bertz CT molecular complexity index is 586. The molecule has 1 saturated carbocycles. The van der Waals surface area contributed by atoms with Gasteiger partial charge in [-0.05, 0) is 55.4 Å². The van der Waals surface area contributed by atoms with Crippen molar-refractivity contribution in [3.05, 3.63) is 35.4 Å². The van der Waals surface area contributed by atoms with Crippen molar-refractivity contribution < 1.29 is 4.74 Å². The van der Waals surface area contributed by atoms with Crippen LogP contribution in [-0.4, -0.2) is 5.60 Å². The van der Waals surface area contributed by atoms with E-state index in [0.29, 0.717) is 5.92 Å². The highest BCUT2D eigenvalue weighted by molar-refractivity contribution is 5.82. The molecule has 0 unspecified atom stereocenters. The number of hydrogen-bond donors (Lipinski definition) is 0. The Kier molecular flexibility index (Phi) is 3.30. The van der Waals surface area contributed by atoms with Gasteiger partial charge in [0.25, 0.3) is 0 Å². The monoisotopic (exact) mass is 267 g/mol. The van der Waals surface area contributed by atoms with E-state index < -0.39 is 0 Å². The minimum atomic E-state index is -0.227. The van der Waals surface area contributed by atoms with Crippen LogP contribution < -0.4 is 4.74 Å². The Morgan fingerprint density at radius 2 is 1.95 bits per heavy atom. The van der Waals surface area contributed by atoms with E-state index in [1.165, 1.54) is 24.8 Å². The number of nitrogens with zero attached hydrogens (tertiary/aromatic N) is 1. The van der Waals surface area contributed by atoms with Gasteiger partial charge >= 0.3 is 0 Å². The van der Waals surface area contributed by atoms with Gasteiger partial charge in [-0.1, -0.05) is 26.3 Å². The SMILES string of the molecule is CC(C)c1ccc2c(c1)C(C#N)=CC1(CCCCC1)O2. The molecule has 104 valence electrons. The van der Waals surface area contributed by atoms with E-state index in [-0.39, 0.29) is 5.60 Å². The minimum Gasteiger partial charge on any atom is -0.482 e. The van der Waals surface area contributed by atoms with Crippen LogP contribution in [0.4, 0.5) is 0 Å². The number of fused-ring (bicyclic) bond motifs is 1. The largest absolute Gasteiger partial charge is 0.482 e. The maximum atomic E-state index is 9.51. The summed E-state index contributed by atoms with van der Waals surface area (Å²) in [5.41, 5.74) is 2.79. The van der Waals surface area contributed by atoms with Gasteiger partial charge in [0, 0.05) is 5.56 Å². The van der Waals surface area contributed by atoms with E-state index in [0.717, 1.165) is 29.7 Å². The van der Waals surface area contributed by atoms with E-state index in [2.05, 4.69) is 38.1 Å². The summed E-state index contributed by atoms with van der Waals surface area (Å²) in [6, 6.07) is 8.67. The first-order valence-electron chi connectivity index (χ1n) is 7.60. The summed E-state index contributed by atoms with van der Waals surface area (Å²) in [4.78, 5) is 0. The number of hydrogen-bond acceptors (Lipinski definition) is 2. The Balaban J connectivity index is 2.05. The van der Waals surface area contributed by atoms with Gasteiger partial charge in [0.2, 0.25) is 0 Å². The lowest BCUT2D eigenvalue weighted by Crippen LogP contribution is -2.38. The minimum absolute atomic E-state index is 0.227. The molecule has 0 saturated heterocycles. The molecule has 1 aliphatic heterocycles. The average Bonchev–Trinajstić information content (AvgIpc) is 2.46. The molecule has 2 aliphatic rings. The molecule has 20 heavy (non-hydrogen) atoms. The van der Waals surface area contributed by atoms with Crippen molar-refractivity contribution in [3.8, 4) is 11.8 Å². The van der Waals surface area contributed by atoms with E-state index >= 15 is 0 Å². The van der Waals surface area contributed by atoms with Crippen LogP contribution in [0.15, 0.2) is 24.3 Å². The average molecular weight is 267 g/mol. The zero-order chi connectivity index (χ0) is 14.2. The predicted octanol–water partition coefficient (Wildman–Crippen LogP) is 4.81. The van der Waals surface area contributed by atoms with Crippen molar-refractivity contribution in [2.24, 2.45) is 0 Å². The fraction of sp³-hybridized carbons (Fsp3) is 0.500. The smallest absolute Gasteiger partial charge is 0.129 e. The quantitative estimate of drug-likeness (QED) is 0.731. The standard InChI is InChI=1S/C18H21NO/c1-13(2)14-6-7-17-16(10-14)15(12-19)11-18(20-17)8-4-3-5-9-18/h6-7,10-11,13H,3-5,8-9H2,1-2H3. The third-order valence-corrected chi connectivity index (χ3v) is 4.50. The summed E-state index contributed by atoms with van der Waals surface area (Å²) in [5.74, 6) is 1.35. The van der Waals surface area contributed by atoms with E-state index in [9.17, 15) is 5.26 Å². The Labute approximate surface area is 121 Å². The summed E-state index contributed by atoms with van der Waals surface area (Å²) in [6.07, 6.45) is 7.80. The van der Waals surface area contributed by atoms with Gasteiger partial charge in [0.05, 0.1) is 11.6 Å². The molecule has 2 heteroatoms. The Hall–Kier alpha value is -1.75. The second-order valence-electron chi connectivity index (χ2n) is 6.31. The van der Waals surface area contributed by atoms with Crippen LogP contribution in [0, 0.1) is 11.3 Å². The first-order chi connectivity index (χ1) is 9.63. The highest BCUT2D eigenvalue weighted by atomic mass is 16.5. The van der Waals surface area contributed by atoms with Crippen LogP contribution in [0.2, 0.25) is 0 Å². The first kappa shape index (κ1) is 13.2. The molecule has 0 bridgehead atoms. The molecule has 3 rings (SSSR count). The van der Waals surface area contributed by atoms with E-state index in [1.807, 2.05) is 6.07 Å². The molecule has 1 fully saturated rings. The molecule has 1 heterocycles. The molecule has 0 radical (unpaired) electrons. The fourth-order valence-electron chi connectivity index (χ4n) is 3.28. The third kappa shape index (κ3) is 2.22. The van der Waals surface area contributed by atoms with E-state index in [4.69, 9.17) is 4.74 Å². The number of rotatable bonds is 1. The van der Waals surface area contributed by atoms with Crippen molar-refractivity contribution in [3.63, 3.8) is 0 Å². The molecule has 1 aliphatic carbocycles. The van der Waals surface area contributed by atoms with Crippen LogP contribution >= 0.6 is 0 Å². The normalized spacial score (nSPS) is 20.0. The van der Waals surface area contributed by atoms with Crippen molar-refractivity contribution in [2.45, 2.75) is 57.5 Å². The molecule has 1 aromatic rings. The summed E-state index contributed by atoms with van der Waals surface area (Å²) in [6.45, 7) is 4.34. The molecule has 1 spiro atoms. The van der Waals surface area contributed by atoms with Crippen LogP contribution in [0.1, 0.15) is 63.0 Å². The van der Waals surface area contributed by atoms with Crippen molar-refractivity contribution in [1.82, 2.24) is 0 Å². The van der Waals surface area contributed by atoms with Crippen LogP contribution in [0.3, 0.4) is 0 Å². The van der Waals surface area contributed by atoms with Gasteiger partial charge in [-0.3, -0.25) is 0 Å². The van der Waals surface area contributed by atoms with Crippen molar-refractivity contribution in [2.75, 3.05) is 0 Å². The first-order valence-corrected chi connectivity index (χ1v) is 7.60. The Morgan fingerprint density at radius 3 is 2.60 bits per heavy atom. The second kappa shape index (κ2) is 4.98. The summed E-state index contributed by atoms with van der Waals surface area (Å²) in [5, 5.41) is 9.51. The van der Waals surface area contributed by atoms with Gasteiger partial charge < -0.3 is 4.74 Å². The molecular formula is C18H21NO. The molecule has 0 atom stereocenters. The number of nitriles is 1. The van der Waals surface area contributed by atoms with Crippen molar-refractivity contribution in [1.29, 1.82) is 5.26 Å². The highest BCUT2D eigenvalue weighted by Crippen LogP contribution is 2.43. The number of benzene rings is 1. The number of ether oxygens (including phenoxy) is 1. The lowest BCUT2D eigenvalue weighted by atomic mass is 9.80. The maximum absolute atomic E-state index is 9.51. The van der Waals surface area contributed by atoms with Gasteiger partial charge in [-0.2, -0.15) is 5.26 Å². The zero-order valence-corrected chi connectivity index (χ0v) is 12.3. The molecule has 2 nitrogen and oxygen atoms in total. The van der Waals surface area contributed by atoms with Gasteiger partial charge in [0.15, 0.2) is 0 Å². The predicted molar refractivity (Wildman–Crippen MR) is 80.6 cm³/mol. The molecular weight excluding hydrogens is 246 g/mol. The fourth-order valence-corrected chi connectivity index (χ4v) is 3.28. The van der Waals surface area contributed by atoms with Crippen LogP contribution in [0.5, 0.6) is 5.75 Å². The van der Waals surface area contributed by atoms with Gasteiger partial charge in [0.1, 0.15) is 11.4 Å². The summed E-state index contributed by atoms with van der Waals surface area (Å²) >= 11 is 0. The lowest BCUT2D eigenvalue weighted by molar-refractivity contribution is 0.0747. The second-order valence-corrected chi connectivity index (χ2v) is 6.31. The maximum Gasteiger partial charge on any atom is 0.129 e. The summed E-state index contributed by atoms with van der Waals surface area (Å²) < 4.78 is 6.30. The lowest BCUT2D eigenvalue weighted by Gasteiger charge is -2.38. The van der Waals surface area contributed by atoms with Gasteiger partial charge in [-0.25, -0.2) is 0 Å². The highest BCUT2D eigenvalue weighted by Gasteiger charge is 2.36. The number of allylic oxidation sites excluding steroid dienone is 1. The molecule has 0 N–H and O–H groups in total. The van der Waals surface area contributed by atoms with Gasteiger partial charge in [-0.15, -0.1) is 0 Å². The molecule has 1 aromatic carbocycles. The van der Waals surface area contributed by atoms with Crippen LogP contribution in [-0.2, 0) is 0 Å². The van der Waals surface area contributed by atoms with Crippen LogP contribution in [0.25, 0.3) is 5.57 Å². The summed E-state index contributed by atoms with van der Waals surface area (Å²) in [7, 11) is 0. The molecule has 0 amide bonds. The Morgan fingerprint density at radius 1 is 1.20 bits per heavy atom. The topological polar surface area (TPSA) is 33.0 Å².